The fourth-order valence-corrected chi connectivity index (χ4v) is 7.31. The van der Waals surface area contributed by atoms with Gasteiger partial charge in [0, 0.05) is 18.7 Å². The van der Waals surface area contributed by atoms with Crippen LogP contribution in [0.25, 0.3) is 0 Å². The van der Waals surface area contributed by atoms with Gasteiger partial charge in [0.2, 0.25) is 5.91 Å². The van der Waals surface area contributed by atoms with Gasteiger partial charge in [-0.2, -0.15) is 5.26 Å². The normalized spacial score (nSPS) is 31.9. The summed E-state index contributed by atoms with van der Waals surface area (Å²) in [4.78, 5) is 38.6. The number of ether oxygens (including phenoxy) is 2. The maximum absolute atomic E-state index is 13.7. The number of hydrogen-bond donors (Lipinski definition) is 3. The summed E-state index contributed by atoms with van der Waals surface area (Å²) in [6.45, 7) is 4.64. The largest absolute Gasteiger partial charge is 0.496 e. The van der Waals surface area contributed by atoms with Crippen LogP contribution in [0, 0.1) is 39.9 Å². The molecule has 40 heavy (non-hydrogen) atoms. The number of fused-ring (bicyclic) bond motifs is 2. The topological polar surface area (TPSA) is 138 Å². The molecule has 4 atom stereocenters. The van der Waals surface area contributed by atoms with Crippen LogP contribution in [0.15, 0.2) is 12.1 Å². The van der Waals surface area contributed by atoms with Crippen molar-refractivity contribution in [3.8, 4) is 17.6 Å². The fourth-order valence-electron chi connectivity index (χ4n) is 7.31. The molecule has 5 rings (SSSR count). The average molecular weight is 552 g/mol. The number of carboxylic acids is 1. The SMILES string of the molecule is COc1cc(C#N)c(OC2CCC(C)(C(=O)O)CC2)cc1C(=O)N[C@@H]1[C@@H]2CC[C@@H](C2)[C@@H]1C(=O)NCC1(C)CCC1. The monoisotopic (exact) mass is 551 g/mol. The number of rotatable bonds is 9. The Morgan fingerprint density at radius 3 is 2.35 bits per heavy atom. The van der Waals surface area contributed by atoms with Crippen molar-refractivity contribution in [1.29, 1.82) is 5.26 Å². The van der Waals surface area contributed by atoms with Crippen LogP contribution >= 0.6 is 0 Å². The van der Waals surface area contributed by atoms with E-state index >= 15 is 0 Å². The third kappa shape index (κ3) is 5.37. The molecule has 0 heterocycles. The molecule has 0 saturated heterocycles. The third-order valence-corrected chi connectivity index (χ3v) is 10.3. The number of aliphatic carboxylic acids is 1. The molecule has 1 aromatic carbocycles. The lowest BCUT2D eigenvalue weighted by molar-refractivity contribution is -0.150. The van der Waals surface area contributed by atoms with E-state index in [1.807, 2.05) is 0 Å². The molecule has 0 unspecified atom stereocenters. The number of nitrogens with one attached hydrogen (secondary N) is 2. The molecule has 216 valence electrons. The van der Waals surface area contributed by atoms with Gasteiger partial charge in [0.1, 0.15) is 17.6 Å². The Labute approximate surface area is 236 Å². The quantitative estimate of drug-likeness (QED) is 0.413. The Morgan fingerprint density at radius 1 is 1.05 bits per heavy atom. The second kappa shape index (κ2) is 10.9. The van der Waals surface area contributed by atoms with E-state index in [4.69, 9.17) is 9.47 Å². The second-order valence-electron chi connectivity index (χ2n) is 13.1. The Morgan fingerprint density at radius 2 is 1.75 bits per heavy atom. The van der Waals surface area contributed by atoms with Crippen molar-refractivity contribution in [3.63, 3.8) is 0 Å². The van der Waals surface area contributed by atoms with Crippen LogP contribution in [0.4, 0.5) is 0 Å². The summed E-state index contributed by atoms with van der Waals surface area (Å²) in [7, 11) is 1.45. The van der Waals surface area contributed by atoms with Gasteiger partial charge in [-0.3, -0.25) is 14.4 Å². The predicted molar refractivity (Wildman–Crippen MR) is 147 cm³/mol. The minimum atomic E-state index is -0.808. The molecule has 9 heteroatoms. The fraction of sp³-hybridized carbons (Fsp3) is 0.677. The summed E-state index contributed by atoms with van der Waals surface area (Å²) in [5.74, 6) is -0.293. The van der Waals surface area contributed by atoms with Gasteiger partial charge in [-0.15, -0.1) is 0 Å². The average Bonchev–Trinajstić information content (AvgIpc) is 3.53. The summed E-state index contributed by atoms with van der Waals surface area (Å²) in [6.07, 6.45) is 8.20. The lowest BCUT2D eigenvalue weighted by Gasteiger charge is -2.39. The van der Waals surface area contributed by atoms with Gasteiger partial charge in [-0.1, -0.05) is 13.3 Å². The van der Waals surface area contributed by atoms with Crippen molar-refractivity contribution in [3.05, 3.63) is 23.3 Å². The zero-order valence-electron chi connectivity index (χ0n) is 23.8. The molecule has 4 aliphatic carbocycles. The van der Waals surface area contributed by atoms with Crippen molar-refractivity contribution in [1.82, 2.24) is 10.6 Å². The van der Waals surface area contributed by atoms with Gasteiger partial charge in [-0.05, 0) is 88.0 Å². The highest BCUT2D eigenvalue weighted by atomic mass is 16.5. The number of carbonyl (C=O) groups excluding carboxylic acids is 2. The van der Waals surface area contributed by atoms with E-state index in [-0.39, 0.29) is 69.8 Å². The molecule has 3 N–H and O–H groups in total. The molecule has 4 fully saturated rings. The minimum absolute atomic E-state index is 0.0344. The highest BCUT2D eigenvalue weighted by molar-refractivity contribution is 5.98. The summed E-state index contributed by atoms with van der Waals surface area (Å²) in [5, 5.41) is 25.7. The predicted octanol–water partition coefficient (Wildman–Crippen LogP) is 4.43. The molecule has 1 aromatic rings. The van der Waals surface area contributed by atoms with Crippen LogP contribution in [0.3, 0.4) is 0 Å². The van der Waals surface area contributed by atoms with Gasteiger partial charge in [0.05, 0.1) is 35.7 Å². The molecule has 2 bridgehead atoms. The molecular weight excluding hydrogens is 510 g/mol. The van der Waals surface area contributed by atoms with Crippen LogP contribution in [0.5, 0.6) is 11.5 Å². The lowest BCUT2D eigenvalue weighted by atomic mass is 9.70. The van der Waals surface area contributed by atoms with Crippen molar-refractivity contribution in [2.45, 2.75) is 90.2 Å². The highest BCUT2D eigenvalue weighted by Gasteiger charge is 2.51. The Kier molecular flexibility index (Phi) is 7.73. The van der Waals surface area contributed by atoms with Crippen LogP contribution in [0.1, 0.15) is 94.0 Å². The van der Waals surface area contributed by atoms with Crippen LogP contribution < -0.4 is 20.1 Å². The van der Waals surface area contributed by atoms with Crippen LogP contribution in [0.2, 0.25) is 0 Å². The van der Waals surface area contributed by atoms with Crippen molar-refractivity contribution in [2.24, 2.45) is 28.6 Å². The van der Waals surface area contributed by atoms with Gasteiger partial charge in [-0.25, -0.2) is 0 Å². The zero-order chi connectivity index (χ0) is 28.7. The van der Waals surface area contributed by atoms with E-state index < -0.39 is 11.4 Å². The Bertz CT molecular complexity index is 1210. The van der Waals surface area contributed by atoms with E-state index in [9.17, 15) is 24.8 Å². The molecule has 0 aliphatic heterocycles. The Balaban J connectivity index is 1.31. The van der Waals surface area contributed by atoms with E-state index in [1.54, 1.807) is 13.0 Å². The van der Waals surface area contributed by atoms with Gasteiger partial charge in [0.25, 0.3) is 5.91 Å². The molecule has 0 spiro atoms. The van der Waals surface area contributed by atoms with E-state index in [1.165, 1.54) is 19.6 Å². The summed E-state index contributed by atoms with van der Waals surface area (Å²) in [6, 6.07) is 4.94. The summed E-state index contributed by atoms with van der Waals surface area (Å²) >= 11 is 0. The first kappa shape index (κ1) is 28.3. The van der Waals surface area contributed by atoms with E-state index in [0.717, 1.165) is 32.1 Å². The van der Waals surface area contributed by atoms with Crippen molar-refractivity contribution in [2.75, 3.05) is 13.7 Å². The van der Waals surface area contributed by atoms with Crippen LogP contribution in [-0.4, -0.2) is 48.7 Å². The highest BCUT2D eigenvalue weighted by Crippen LogP contribution is 2.49. The number of amides is 2. The molecule has 0 radical (unpaired) electrons. The number of benzene rings is 1. The maximum atomic E-state index is 13.7. The van der Waals surface area contributed by atoms with Gasteiger partial charge < -0.3 is 25.2 Å². The lowest BCUT2D eigenvalue weighted by Crippen LogP contribution is -2.51. The first-order valence-electron chi connectivity index (χ1n) is 14.7. The maximum Gasteiger partial charge on any atom is 0.309 e. The zero-order valence-corrected chi connectivity index (χ0v) is 23.8. The Hall–Kier alpha value is -3.28. The number of nitrogens with zero attached hydrogens (tertiary/aromatic N) is 1. The van der Waals surface area contributed by atoms with E-state index in [0.29, 0.717) is 32.2 Å². The van der Waals surface area contributed by atoms with Gasteiger partial charge in [0.15, 0.2) is 0 Å². The van der Waals surface area contributed by atoms with E-state index in [2.05, 4.69) is 23.6 Å². The molecule has 2 amide bonds. The number of hydrogen-bond acceptors (Lipinski definition) is 6. The third-order valence-electron chi connectivity index (χ3n) is 10.3. The smallest absolute Gasteiger partial charge is 0.309 e. The summed E-state index contributed by atoms with van der Waals surface area (Å²) < 4.78 is 11.7. The summed E-state index contributed by atoms with van der Waals surface area (Å²) in [5.41, 5.74) is -0.0848. The standard InChI is InChI=1S/C31H41N3O6/c1-30(9-4-10-30)17-33-28(36)25-18-5-6-19(13-18)26(25)34-27(35)22-15-23(20(16-32)14-24(22)39-3)40-21-7-11-31(2,12-8-21)29(37)38/h14-15,18-19,21,25-26H,4-13,17H2,1-3H3,(H,33,36)(H,34,35)(H,37,38)/t18-,19+,21?,25-,26+,31?/m0/s1. The molecule has 4 aliphatic rings. The molecule has 0 aromatic heterocycles. The molecule has 9 nitrogen and oxygen atoms in total. The number of carbonyl (C=O) groups is 3. The first-order valence-corrected chi connectivity index (χ1v) is 14.7. The number of carboxylic acid groups (broad SMARTS) is 1. The van der Waals surface area contributed by atoms with Gasteiger partial charge >= 0.3 is 5.97 Å². The van der Waals surface area contributed by atoms with Crippen molar-refractivity contribution < 1.29 is 29.0 Å². The minimum Gasteiger partial charge on any atom is -0.496 e. The number of nitriles is 1. The van der Waals surface area contributed by atoms with Crippen LogP contribution in [-0.2, 0) is 9.59 Å². The number of methoxy groups -OCH3 is 1. The van der Waals surface area contributed by atoms with Crippen molar-refractivity contribution >= 4 is 17.8 Å². The molecular formula is C31H41N3O6. The first-order chi connectivity index (χ1) is 19.1. The second-order valence-corrected chi connectivity index (χ2v) is 13.1. The molecule has 4 saturated carbocycles.